The number of aryl methyl sites for hydroxylation is 1. The number of aromatic nitrogens is 4. The van der Waals surface area contributed by atoms with Crippen molar-refractivity contribution in [1.82, 2.24) is 20.2 Å². The Bertz CT molecular complexity index is 1530. The first-order valence-electron chi connectivity index (χ1n) is 12.6. The van der Waals surface area contributed by atoms with Gasteiger partial charge in [0.05, 0.1) is 5.56 Å². The van der Waals surface area contributed by atoms with Gasteiger partial charge in [-0.2, -0.15) is 0 Å². The molecule has 0 saturated heterocycles. The Hall–Kier alpha value is -5.03. The van der Waals surface area contributed by atoms with Crippen LogP contribution in [0.4, 0.5) is 0 Å². The fraction of sp³-hybridized carbons (Fsp3) is 0.0606. The van der Waals surface area contributed by atoms with Gasteiger partial charge in [-0.1, -0.05) is 121 Å². The molecule has 184 valence electrons. The van der Waals surface area contributed by atoms with Crippen LogP contribution in [0.3, 0.4) is 0 Å². The average molecular weight is 495 g/mol. The highest BCUT2D eigenvalue weighted by Gasteiger charge is 2.42. The molecule has 1 aromatic heterocycles. The zero-order valence-corrected chi connectivity index (χ0v) is 21.0. The van der Waals surface area contributed by atoms with E-state index in [1.54, 1.807) is 0 Å². The molecule has 6 rings (SSSR count). The van der Waals surface area contributed by atoms with Gasteiger partial charge >= 0.3 is 0 Å². The molecule has 0 aliphatic heterocycles. The van der Waals surface area contributed by atoms with E-state index >= 15 is 0 Å². The van der Waals surface area contributed by atoms with Gasteiger partial charge in [0.2, 0.25) is 0 Å². The second-order valence-corrected chi connectivity index (χ2v) is 9.13. The number of hydrogen-bond donors (Lipinski definition) is 0. The van der Waals surface area contributed by atoms with Gasteiger partial charge in [0.25, 0.3) is 0 Å². The minimum atomic E-state index is -0.834. The highest BCUT2D eigenvalue weighted by atomic mass is 16.5. The molecule has 0 spiro atoms. The maximum absolute atomic E-state index is 6.36. The van der Waals surface area contributed by atoms with Crippen molar-refractivity contribution in [2.45, 2.75) is 12.5 Å². The Labute approximate surface area is 222 Å². The van der Waals surface area contributed by atoms with Crippen LogP contribution in [0.15, 0.2) is 140 Å². The summed E-state index contributed by atoms with van der Waals surface area (Å²) in [7, 11) is 0. The minimum absolute atomic E-state index is 0.601. The molecule has 0 unspecified atom stereocenters. The molecule has 5 nitrogen and oxygen atoms in total. The van der Waals surface area contributed by atoms with Gasteiger partial charge < -0.3 is 4.74 Å². The molecule has 0 aliphatic carbocycles. The summed E-state index contributed by atoms with van der Waals surface area (Å²) in [6, 6.07) is 47.0. The van der Waals surface area contributed by atoms with Crippen LogP contribution in [0, 0.1) is 6.92 Å². The SMILES string of the molecule is Cc1ccc(Oc2ccccc2-c2nnnn2C(c2ccccc2)(c2ccccc2)c2ccccc2)cc1. The van der Waals surface area contributed by atoms with E-state index in [1.165, 1.54) is 5.56 Å². The Morgan fingerprint density at radius 2 is 1.08 bits per heavy atom. The molecule has 0 radical (unpaired) electrons. The first kappa shape index (κ1) is 23.4. The molecule has 5 heteroatoms. The average Bonchev–Trinajstić information content (AvgIpc) is 3.47. The van der Waals surface area contributed by atoms with Crippen molar-refractivity contribution < 1.29 is 4.74 Å². The fourth-order valence-corrected chi connectivity index (χ4v) is 4.96. The Kier molecular flexibility index (Phi) is 6.24. The molecule has 0 aliphatic rings. The molecular formula is C33H26N4O. The number of hydrogen-bond acceptors (Lipinski definition) is 4. The standard InChI is InChI=1S/C33H26N4O/c1-25-21-23-29(24-22-25)38-31-20-12-11-19-30(31)32-34-35-36-37(32)33(26-13-5-2-6-14-26,27-15-7-3-8-16-27)28-17-9-4-10-18-28/h2-24H,1H3. The van der Waals surface area contributed by atoms with Gasteiger partial charge in [0.15, 0.2) is 5.82 Å². The first-order valence-corrected chi connectivity index (χ1v) is 12.6. The molecule has 6 aromatic rings. The van der Waals surface area contributed by atoms with E-state index in [2.05, 4.69) is 95.2 Å². The third-order valence-electron chi connectivity index (χ3n) is 6.74. The quantitative estimate of drug-likeness (QED) is 0.219. The maximum Gasteiger partial charge on any atom is 0.187 e. The number of rotatable bonds is 7. The summed E-state index contributed by atoms with van der Waals surface area (Å²) in [6.45, 7) is 2.06. The summed E-state index contributed by atoms with van der Waals surface area (Å²) >= 11 is 0. The zero-order valence-electron chi connectivity index (χ0n) is 21.0. The molecular weight excluding hydrogens is 468 g/mol. The Morgan fingerprint density at radius 3 is 1.63 bits per heavy atom. The highest BCUT2D eigenvalue weighted by molar-refractivity contribution is 5.66. The van der Waals surface area contributed by atoms with Crippen molar-refractivity contribution in [1.29, 1.82) is 0 Å². The highest BCUT2D eigenvalue weighted by Crippen LogP contribution is 2.43. The van der Waals surface area contributed by atoms with Crippen LogP contribution >= 0.6 is 0 Å². The van der Waals surface area contributed by atoms with Gasteiger partial charge in [-0.05, 0) is 58.3 Å². The number of ether oxygens (including phenoxy) is 1. The lowest BCUT2D eigenvalue weighted by Gasteiger charge is -2.36. The Balaban J connectivity index is 1.62. The lowest BCUT2D eigenvalue weighted by Crippen LogP contribution is -2.39. The van der Waals surface area contributed by atoms with Gasteiger partial charge in [-0.15, -0.1) is 5.10 Å². The van der Waals surface area contributed by atoms with Crippen molar-refractivity contribution in [3.63, 3.8) is 0 Å². The van der Waals surface area contributed by atoms with E-state index in [0.29, 0.717) is 11.6 Å². The van der Waals surface area contributed by atoms with E-state index < -0.39 is 5.54 Å². The molecule has 1 heterocycles. The third-order valence-corrected chi connectivity index (χ3v) is 6.74. The van der Waals surface area contributed by atoms with Crippen molar-refractivity contribution in [3.05, 3.63) is 162 Å². The lowest BCUT2D eigenvalue weighted by molar-refractivity contribution is 0.448. The van der Waals surface area contributed by atoms with Crippen LogP contribution in [0.2, 0.25) is 0 Å². The molecule has 0 N–H and O–H groups in total. The first-order chi connectivity index (χ1) is 18.8. The van der Waals surface area contributed by atoms with Gasteiger partial charge in [0.1, 0.15) is 17.0 Å². The number of nitrogens with zero attached hydrogens (tertiary/aromatic N) is 4. The smallest absolute Gasteiger partial charge is 0.187 e. The monoisotopic (exact) mass is 494 g/mol. The van der Waals surface area contributed by atoms with Crippen LogP contribution in [0.5, 0.6) is 11.5 Å². The van der Waals surface area contributed by atoms with Gasteiger partial charge in [0, 0.05) is 0 Å². The summed E-state index contributed by atoms with van der Waals surface area (Å²) in [6.07, 6.45) is 0. The van der Waals surface area contributed by atoms with Crippen molar-refractivity contribution in [3.8, 4) is 22.9 Å². The summed E-state index contributed by atoms with van der Waals surface area (Å²) < 4.78 is 8.29. The summed E-state index contributed by atoms with van der Waals surface area (Å²) in [5.41, 5.74) is 4.27. The molecule has 0 atom stereocenters. The van der Waals surface area contributed by atoms with E-state index in [4.69, 9.17) is 4.74 Å². The fourth-order valence-electron chi connectivity index (χ4n) is 4.96. The maximum atomic E-state index is 6.36. The predicted octanol–water partition coefficient (Wildman–Crippen LogP) is 7.28. The van der Waals surface area contributed by atoms with Crippen molar-refractivity contribution in [2.24, 2.45) is 0 Å². The van der Waals surface area contributed by atoms with Crippen molar-refractivity contribution >= 4 is 0 Å². The molecule has 0 bridgehead atoms. The van der Waals surface area contributed by atoms with E-state index in [1.807, 2.05) is 71.4 Å². The van der Waals surface area contributed by atoms with Gasteiger partial charge in [-0.3, -0.25) is 0 Å². The second-order valence-electron chi connectivity index (χ2n) is 9.13. The number of para-hydroxylation sites is 1. The predicted molar refractivity (Wildman–Crippen MR) is 149 cm³/mol. The molecule has 0 saturated carbocycles. The van der Waals surface area contributed by atoms with Crippen molar-refractivity contribution in [2.75, 3.05) is 0 Å². The molecule has 0 amide bonds. The Morgan fingerprint density at radius 1 is 0.579 bits per heavy atom. The van der Waals surface area contributed by atoms with E-state index in [-0.39, 0.29) is 0 Å². The molecule has 38 heavy (non-hydrogen) atoms. The summed E-state index contributed by atoms with van der Waals surface area (Å²) in [5.74, 6) is 2.03. The largest absolute Gasteiger partial charge is 0.457 e. The lowest BCUT2D eigenvalue weighted by atomic mass is 9.77. The topological polar surface area (TPSA) is 52.8 Å². The normalized spacial score (nSPS) is 11.3. The van der Waals surface area contributed by atoms with Crippen LogP contribution in [0.25, 0.3) is 11.4 Å². The van der Waals surface area contributed by atoms with Crippen LogP contribution in [-0.4, -0.2) is 20.2 Å². The molecule has 0 fully saturated rings. The number of benzene rings is 5. The second kappa shape index (κ2) is 10.1. The van der Waals surface area contributed by atoms with Gasteiger partial charge in [-0.25, -0.2) is 4.68 Å². The zero-order chi connectivity index (χ0) is 25.8. The number of tetrazole rings is 1. The third kappa shape index (κ3) is 4.14. The summed E-state index contributed by atoms with van der Waals surface area (Å²) in [5, 5.41) is 13.4. The summed E-state index contributed by atoms with van der Waals surface area (Å²) in [4.78, 5) is 0. The van der Waals surface area contributed by atoms with Crippen LogP contribution in [-0.2, 0) is 5.54 Å². The van der Waals surface area contributed by atoms with Crippen LogP contribution in [0.1, 0.15) is 22.3 Å². The van der Waals surface area contributed by atoms with E-state index in [0.717, 1.165) is 28.0 Å². The van der Waals surface area contributed by atoms with Crippen LogP contribution < -0.4 is 4.74 Å². The molecule has 5 aromatic carbocycles. The minimum Gasteiger partial charge on any atom is -0.457 e. The van der Waals surface area contributed by atoms with E-state index in [9.17, 15) is 0 Å².